The molecule has 1 aliphatic heterocycles. The molecular weight excluding hydrogens is 394 g/mol. The molecule has 8 nitrogen and oxygen atoms in total. The van der Waals surface area contributed by atoms with Crippen molar-refractivity contribution >= 4 is 12.0 Å². The van der Waals surface area contributed by atoms with Crippen LogP contribution in [-0.2, 0) is 11.2 Å². The van der Waals surface area contributed by atoms with Crippen molar-refractivity contribution < 1.29 is 9.47 Å². The van der Waals surface area contributed by atoms with Gasteiger partial charge in [0.05, 0.1) is 12.7 Å². The van der Waals surface area contributed by atoms with Gasteiger partial charge < -0.3 is 25.2 Å². The third-order valence-electron chi connectivity index (χ3n) is 5.34. The zero-order valence-electron chi connectivity index (χ0n) is 17.4. The van der Waals surface area contributed by atoms with E-state index in [4.69, 9.17) is 14.9 Å². The van der Waals surface area contributed by atoms with Gasteiger partial charge in [0.25, 0.3) is 5.56 Å². The molecule has 4 rings (SSSR count). The molecular formula is C23H25N5O3. The summed E-state index contributed by atoms with van der Waals surface area (Å²) in [7, 11) is 1.59. The van der Waals surface area contributed by atoms with Gasteiger partial charge in [-0.15, -0.1) is 0 Å². The first-order valence-corrected chi connectivity index (χ1v) is 10.2. The predicted molar refractivity (Wildman–Crippen MR) is 119 cm³/mol. The highest BCUT2D eigenvalue weighted by Crippen LogP contribution is 2.27. The van der Waals surface area contributed by atoms with Gasteiger partial charge in [0.1, 0.15) is 11.6 Å². The maximum atomic E-state index is 12.6. The minimum atomic E-state index is -0.322. The molecule has 0 radical (unpaired) electrons. The largest absolute Gasteiger partial charge is 0.481 e. The van der Waals surface area contributed by atoms with E-state index in [2.05, 4.69) is 20.3 Å². The van der Waals surface area contributed by atoms with Crippen LogP contribution >= 0.6 is 0 Å². The summed E-state index contributed by atoms with van der Waals surface area (Å²) >= 11 is 0. The van der Waals surface area contributed by atoms with Gasteiger partial charge in [-0.05, 0) is 35.6 Å². The van der Waals surface area contributed by atoms with Crippen molar-refractivity contribution in [3.63, 3.8) is 0 Å². The van der Waals surface area contributed by atoms with Crippen molar-refractivity contribution in [1.29, 1.82) is 5.41 Å². The maximum Gasteiger partial charge on any atom is 0.261 e. The number of nitrogens with zero attached hydrogens (tertiary/aromatic N) is 2. The highest BCUT2D eigenvalue weighted by atomic mass is 16.5. The number of ether oxygens (including phenoxy) is 2. The van der Waals surface area contributed by atoms with Crippen molar-refractivity contribution in [2.24, 2.45) is 0 Å². The van der Waals surface area contributed by atoms with Crippen LogP contribution in [0.1, 0.15) is 29.8 Å². The summed E-state index contributed by atoms with van der Waals surface area (Å²) in [4.78, 5) is 24.3. The zero-order chi connectivity index (χ0) is 21.6. The standard InChI is InChI=1S/C23H25N5O3/c1-30-21-13-16(6-9-25-21)18-5-3-2-4-15(18)12-20-27-22(19(14-24)23(29)28-20)26-17-7-10-31-11-8-17/h2-6,9,13-14,17,24H,7-8,10-12H2,1H3,(H2,26,27,28,29). The number of hydrogen-bond donors (Lipinski definition) is 3. The molecule has 3 aromatic rings. The van der Waals surface area contributed by atoms with Crippen LogP contribution in [0.25, 0.3) is 11.1 Å². The number of methoxy groups -OCH3 is 1. The Morgan fingerprint density at radius 1 is 1.29 bits per heavy atom. The SMILES string of the molecule is COc1cc(-c2ccccc2Cc2nc(NC3CCOCC3)c(C=N)c(=O)[nH]2)ccn1. The van der Waals surface area contributed by atoms with Crippen LogP contribution in [0.15, 0.2) is 47.4 Å². The predicted octanol–water partition coefficient (Wildman–Crippen LogP) is 3.02. The molecule has 3 heterocycles. The Morgan fingerprint density at radius 2 is 2.10 bits per heavy atom. The smallest absolute Gasteiger partial charge is 0.261 e. The fourth-order valence-electron chi connectivity index (χ4n) is 3.72. The Balaban J connectivity index is 1.67. The Kier molecular flexibility index (Phi) is 6.37. The molecule has 1 aromatic carbocycles. The Bertz CT molecular complexity index is 1120. The van der Waals surface area contributed by atoms with Crippen molar-refractivity contribution in [1.82, 2.24) is 15.0 Å². The number of pyridine rings is 1. The molecule has 0 atom stereocenters. The second-order valence-corrected chi connectivity index (χ2v) is 7.37. The minimum Gasteiger partial charge on any atom is -0.481 e. The molecule has 31 heavy (non-hydrogen) atoms. The third-order valence-corrected chi connectivity index (χ3v) is 5.34. The normalized spacial score (nSPS) is 14.2. The van der Waals surface area contributed by atoms with Gasteiger partial charge in [0.2, 0.25) is 5.88 Å². The highest BCUT2D eigenvalue weighted by molar-refractivity contribution is 5.83. The summed E-state index contributed by atoms with van der Waals surface area (Å²) in [5.74, 6) is 1.53. The van der Waals surface area contributed by atoms with Crippen LogP contribution in [0, 0.1) is 5.41 Å². The Labute approximate surface area is 180 Å². The summed E-state index contributed by atoms with van der Waals surface area (Å²) in [6.45, 7) is 1.35. The van der Waals surface area contributed by atoms with Gasteiger partial charge in [-0.1, -0.05) is 24.3 Å². The van der Waals surface area contributed by atoms with Crippen LogP contribution in [0.4, 0.5) is 5.82 Å². The summed E-state index contributed by atoms with van der Waals surface area (Å²) in [6, 6.07) is 11.9. The second kappa shape index (κ2) is 9.53. The van der Waals surface area contributed by atoms with Gasteiger partial charge in [0.15, 0.2) is 0 Å². The highest BCUT2D eigenvalue weighted by Gasteiger charge is 2.18. The first-order valence-electron chi connectivity index (χ1n) is 10.2. The molecule has 8 heteroatoms. The van der Waals surface area contributed by atoms with E-state index in [0.717, 1.165) is 35.7 Å². The summed E-state index contributed by atoms with van der Waals surface area (Å²) in [5.41, 5.74) is 2.92. The lowest BCUT2D eigenvalue weighted by atomic mass is 9.98. The molecule has 1 aliphatic rings. The number of aromatic nitrogens is 3. The molecule has 1 fully saturated rings. The topological polar surface area (TPSA) is 113 Å². The van der Waals surface area contributed by atoms with Gasteiger partial charge in [-0.2, -0.15) is 0 Å². The number of benzene rings is 1. The fourth-order valence-corrected chi connectivity index (χ4v) is 3.72. The monoisotopic (exact) mass is 419 g/mol. The number of anilines is 1. The van der Waals surface area contributed by atoms with Crippen LogP contribution < -0.4 is 15.6 Å². The van der Waals surface area contributed by atoms with Gasteiger partial charge in [-0.25, -0.2) is 9.97 Å². The molecule has 0 saturated carbocycles. The molecule has 0 amide bonds. The van der Waals surface area contributed by atoms with Gasteiger partial charge in [0, 0.05) is 44.2 Å². The minimum absolute atomic E-state index is 0.172. The molecule has 3 N–H and O–H groups in total. The van der Waals surface area contributed by atoms with E-state index in [-0.39, 0.29) is 17.2 Å². The van der Waals surface area contributed by atoms with E-state index >= 15 is 0 Å². The van der Waals surface area contributed by atoms with E-state index in [9.17, 15) is 4.79 Å². The Morgan fingerprint density at radius 3 is 2.87 bits per heavy atom. The van der Waals surface area contributed by atoms with Gasteiger partial charge >= 0.3 is 0 Å². The van der Waals surface area contributed by atoms with Crippen molar-refractivity contribution in [2.75, 3.05) is 25.6 Å². The van der Waals surface area contributed by atoms with Crippen LogP contribution in [-0.4, -0.2) is 47.5 Å². The lowest BCUT2D eigenvalue weighted by Gasteiger charge is -2.24. The van der Waals surface area contributed by atoms with Crippen LogP contribution in [0.2, 0.25) is 0 Å². The molecule has 0 aliphatic carbocycles. The molecule has 0 bridgehead atoms. The molecule has 160 valence electrons. The lowest BCUT2D eigenvalue weighted by Crippen LogP contribution is -2.30. The molecule has 0 spiro atoms. The number of hydrogen-bond acceptors (Lipinski definition) is 7. The fraction of sp³-hybridized carbons (Fsp3) is 0.304. The summed E-state index contributed by atoms with van der Waals surface area (Å²) in [6.07, 6.45) is 4.88. The van der Waals surface area contributed by atoms with Gasteiger partial charge in [-0.3, -0.25) is 4.79 Å². The van der Waals surface area contributed by atoms with Crippen LogP contribution in [0.3, 0.4) is 0 Å². The average Bonchev–Trinajstić information content (AvgIpc) is 2.80. The first kappa shape index (κ1) is 20.7. The van der Waals surface area contributed by atoms with Crippen molar-refractivity contribution in [2.45, 2.75) is 25.3 Å². The quantitative estimate of drug-likeness (QED) is 0.508. The third kappa shape index (κ3) is 4.80. The van der Waals surface area contributed by atoms with E-state index in [1.165, 1.54) is 0 Å². The summed E-state index contributed by atoms with van der Waals surface area (Å²) < 4.78 is 10.7. The lowest BCUT2D eigenvalue weighted by molar-refractivity contribution is 0.0904. The first-order chi connectivity index (χ1) is 15.2. The van der Waals surface area contributed by atoms with Crippen molar-refractivity contribution in [3.8, 4) is 17.0 Å². The summed E-state index contributed by atoms with van der Waals surface area (Å²) in [5, 5.41) is 11.0. The molecule has 0 unspecified atom stereocenters. The van der Waals surface area contributed by atoms with E-state index < -0.39 is 0 Å². The maximum absolute atomic E-state index is 12.6. The number of rotatable bonds is 7. The van der Waals surface area contributed by atoms with E-state index in [1.807, 2.05) is 36.4 Å². The van der Waals surface area contributed by atoms with Crippen molar-refractivity contribution in [3.05, 3.63) is 69.9 Å². The van der Waals surface area contributed by atoms with Crippen LogP contribution in [0.5, 0.6) is 5.88 Å². The molecule has 2 aromatic heterocycles. The second-order valence-electron chi connectivity index (χ2n) is 7.37. The van der Waals surface area contributed by atoms with E-state index in [0.29, 0.717) is 37.2 Å². The number of nitrogens with one attached hydrogen (secondary N) is 3. The number of aromatic amines is 1. The number of H-pyrrole nitrogens is 1. The Hall–Kier alpha value is -3.52. The van der Waals surface area contributed by atoms with E-state index in [1.54, 1.807) is 13.3 Å². The average molecular weight is 419 g/mol. The zero-order valence-corrected chi connectivity index (χ0v) is 17.4. The molecule has 1 saturated heterocycles.